The van der Waals surface area contributed by atoms with E-state index < -0.39 is 34.8 Å². The fourth-order valence-corrected chi connectivity index (χ4v) is 3.57. The van der Waals surface area contributed by atoms with Crippen molar-refractivity contribution >= 4 is 20.6 Å². The van der Waals surface area contributed by atoms with Crippen LogP contribution in [0.15, 0.2) is 0 Å². The summed E-state index contributed by atoms with van der Waals surface area (Å²) in [7, 11) is -0.449. The summed E-state index contributed by atoms with van der Waals surface area (Å²) in [5, 5.41) is 11.5. The van der Waals surface area contributed by atoms with Gasteiger partial charge >= 0.3 is 12.1 Å². The Morgan fingerprint density at radius 3 is 2.30 bits per heavy atom. The smallest absolute Gasteiger partial charge is 0.396 e. The van der Waals surface area contributed by atoms with Gasteiger partial charge in [-0.3, -0.25) is 0 Å². The first-order valence-electron chi connectivity index (χ1n) is 5.98. The molecule has 0 aliphatic rings. The zero-order valence-electron chi connectivity index (χ0n) is 10.7. The largest absolute Gasteiger partial charge is 0.453 e. The van der Waals surface area contributed by atoms with E-state index in [1.807, 2.05) is 0 Å². The zero-order valence-corrected chi connectivity index (χ0v) is 12.4. The van der Waals surface area contributed by atoms with Gasteiger partial charge in [0.15, 0.2) is 0 Å². The monoisotopic (exact) mass is 343 g/mol. The minimum absolute atomic E-state index is 0.0689. The number of nitrogens with one attached hydrogen (secondary N) is 1. The molecule has 0 aliphatic carbocycles. The summed E-state index contributed by atoms with van der Waals surface area (Å²) in [6.45, 7) is 1.22. The molecule has 0 saturated carbocycles. The Labute approximate surface area is 120 Å². The van der Waals surface area contributed by atoms with E-state index in [-0.39, 0.29) is 12.4 Å². The van der Waals surface area contributed by atoms with Gasteiger partial charge in [0.2, 0.25) is 0 Å². The van der Waals surface area contributed by atoms with Gasteiger partial charge in [0, 0.05) is 31.1 Å². The minimum Gasteiger partial charge on any atom is -0.396 e. The Morgan fingerprint density at radius 1 is 1.10 bits per heavy atom. The molecule has 1 atom stereocenters. The van der Waals surface area contributed by atoms with Crippen LogP contribution in [0.5, 0.6) is 0 Å². The van der Waals surface area contributed by atoms with Gasteiger partial charge in [-0.25, -0.2) is 4.21 Å². The number of aliphatic hydroxyl groups is 1. The van der Waals surface area contributed by atoms with Crippen LogP contribution in [-0.2, 0) is 9.83 Å². The van der Waals surface area contributed by atoms with Crippen LogP contribution in [0.3, 0.4) is 0 Å². The lowest BCUT2D eigenvalue weighted by Gasteiger charge is -2.18. The Hall–Kier alpha value is 0.0700. The molecule has 0 aromatic rings. The third-order valence-electron chi connectivity index (χ3n) is 2.22. The van der Waals surface area contributed by atoms with Gasteiger partial charge < -0.3 is 10.4 Å². The van der Waals surface area contributed by atoms with Crippen molar-refractivity contribution in [2.45, 2.75) is 31.4 Å². The van der Waals surface area contributed by atoms with E-state index in [1.54, 1.807) is 0 Å². The Bertz CT molecular complexity index is 289. The fraction of sp³-hybridized carbons (Fsp3) is 1.00. The fourth-order valence-electron chi connectivity index (χ4n) is 1.15. The molecule has 0 heterocycles. The van der Waals surface area contributed by atoms with Crippen LogP contribution in [0.1, 0.15) is 19.3 Å². The molecule has 0 amide bonds. The van der Waals surface area contributed by atoms with E-state index in [0.717, 1.165) is 10.8 Å². The quantitative estimate of drug-likeness (QED) is 0.343. The van der Waals surface area contributed by atoms with Crippen LogP contribution >= 0.6 is 10.8 Å². The van der Waals surface area contributed by atoms with Crippen LogP contribution in [0.2, 0.25) is 0 Å². The molecule has 1 unspecified atom stereocenters. The maximum absolute atomic E-state index is 12.5. The molecule has 0 aliphatic heterocycles. The highest BCUT2D eigenvalue weighted by atomic mass is 33.1. The van der Waals surface area contributed by atoms with Crippen LogP contribution in [0.25, 0.3) is 0 Å². The molecule has 2 N–H and O–H groups in total. The maximum Gasteiger partial charge on any atom is 0.453 e. The van der Waals surface area contributed by atoms with Gasteiger partial charge in [0.05, 0.1) is 9.83 Å². The van der Waals surface area contributed by atoms with Crippen molar-refractivity contribution in [1.82, 2.24) is 5.32 Å². The third-order valence-corrected chi connectivity index (χ3v) is 5.27. The molecule has 20 heavy (non-hydrogen) atoms. The van der Waals surface area contributed by atoms with Crippen molar-refractivity contribution in [1.29, 1.82) is 0 Å². The highest BCUT2D eigenvalue weighted by Crippen LogP contribution is 2.38. The summed E-state index contributed by atoms with van der Waals surface area (Å²) in [4.78, 5) is 0. The minimum atomic E-state index is -5.54. The molecule has 0 aromatic heterocycles. The van der Waals surface area contributed by atoms with Crippen molar-refractivity contribution in [3.63, 3.8) is 0 Å². The Balaban J connectivity index is 3.64. The maximum atomic E-state index is 12.5. The predicted octanol–water partition coefficient (Wildman–Crippen LogP) is 2.33. The summed E-state index contributed by atoms with van der Waals surface area (Å²) in [5.74, 6) is -4.44. The average molecular weight is 343 g/mol. The lowest BCUT2D eigenvalue weighted by Crippen LogP contribution is -2.36. The summed E-state index contributed by atoms with van der Waals surface area (Å²) >= 11 is 0. The number of hydrogen-bond acceptors (Lipinski definition) is 4. The van der Waals surface area contributed by atoms with Gasteiger partial charge in [-0.15, -0.1) is 0 Å². The van der Waals surface area contributed by atoms with Crippen LogP contribution in [0.4, 0.5) is 22.0 Å². The number of alkyl halides is 5. The van der Waals surface area contributed by atoms with Crippen molar-refractivity contribution < 1.29 is 31.3 Å². The van der Waals surface area contributed by atoms with Gasteiger partial charge in [-0.1, -0.05) is 10.8 Å². The predicted molar refractivity (Wildman–Crippen MR) is 70.3 cm³/mol. The Morgan fingerprint density at radius 2 is 1.75 bits per heavy atom. The molecule has 3 nitrogen and oxygen atoms in total. The molecule has 0 rings (SSSR count). The number of halogens is 5. The topological polar surface area (TPSA) is 49.3 Å². The number of aliphatic hydroxyl groups excluding tert-OH is 1. The normalized spacial score (nSPS) is 14.5. The molecular weight excluding hydrogens is 325 g/mol. The lowest BCUT2D eigenvalue weighted by atomic mass is 10.2. The first-order chi connectivity index (χ1) is 9.20. The van der Waals surface area contributed by atoms with Crippen LogP contribution in [0, 0.1) is 0 Å². The second-order valence-corrected chi connectivity index (χ2v) is 7.44. The summed E-state index contributed by atoms with van der Waals surface area (Å²) < 4.78 is 72.0. The van der Waals surface area contributed by atoms with Gasteiger partial charge in [0.25, 0.3) is 0 Å². The number of rotatable bonds is 11. The molecule has 0 aromatic carbocycles. The summed E-state index contributed by atoms with van der Waals surface area (Å²) in [6.07, 6.45) is -6.72. The van der Waals surface area contributed by atoms with E-state index in [0.29, 0.717) is 25.3 Å². The van der Waals surface area contributed by atoms with Crippen molar-refractivity contribution in [2.24, 2.45) is 0 Å². The van der Waals surface area contributed by atoms with E-state index >= 15 is 0 Å². The first kappa shape index (κ1) is 20.1. The van der Waals surface area contributed by atoms with E-state index in [1.165, 1.54) is 0 Å². The van der Waals surface area contributed by atoms with Crippen LogP contribution in [-0.4, -0.2) is 52.6 Å². The third kappa shape index (κ3) is 9.09. The molecule has 0 fully saturated rings. The van der Waals surface area contributed by atoms with E-state index in [2.05, 4.69) is 5.32 Å². The second-order valence-electron chi connectivity index (χ2n) is 3.96. The zero-order chi connectivity index (χ0) is 15.6. The Kier molecular flexibility index (Phi) is 9.94. The average Bonchev–Trinajstić information content (AvgIpc) is 2.32. The highest BCUT2D eigenvalue weighted by Gasteiger charge is 2.56. The van der Waals surface area contributed by atoms with Gasteiger partial charge in [-0.2, -0.15) is 22.0 Å². The molecule has 0 bridgehead atoms. The summed E-state index contributed by atoms with van der Waals surface area (Å²) in [6, 6.07) is 0. The lowest BCUT2D eigenvalue weighted by molar-refractivity contribution is -0.284. The SMILES string of the molecule is O=S(CCCC(F)(F)C(F)(F)F)SCCNCCCO. The molecular formula is C10H18F5NO2S2. The molecule has 0 radical (unpaired) electrons. The van der Waals surface area contributed by atoms with Gasteiger partial charge in [-0.05, 0) is 19.4 Å². The molecule has 0 spiro atoms. The standard InChI is InChI=1S/C10H18F5NO2S2/c11-9(12,10(13,14)15)3-1-8-20(18)19-7-5-16-4-2-6-17/h16-17H,1-8H2. The second kappa shape index (κ2) is 9.91. The molecule has 10 heteroatoms. The van der Waals surface area contributed by atoms with E-state index in [4.69, 9.17) is 5.11 Å². The summed E-state index contributed by atoms with van der Waals surface area (Å²) in [5.41, 5.74) is 0. The highest BCUT2D eigenvalue weighted by molar-refractivity contribution is 8.69. The first-order valence-corrected chi connectivity index (χ1v) is 8.80. The van der Waals surface area contributed by atoms with Crippen molar-refractivity contribution in [3.8, 4) is 0 Å². The van der Waals surface area contributed by atoms with E-state index in [9.17, 15) is 26.2 Å². The van der Waals surface area contributed by atoms with Crippen molar-refractivity contribution in [2.75, 3.05) is 31.2 Å². The van der Waals surface area contributed by atoms with Crippen molar-refractivity contribution in [3.05, 3.63) is 0 Å². The van der Waals surface area contributed by atoms with Crippen LogP contribution < -0.4 is 5.32 Å². The molecule has 0 saturated heterocycles. The van der Waals surface area contributed by atoms with Gasteiger partial charge in [0.1, 0.15) is 0 Å². The number of hydrogen-bond donors (Lipinski definition) is 2. The molecule has 122 valence electrons.